The highest BCUT2D eigenvalue weighted by Crippen LogP contribution is 2.37. The molecule has 4 rings (SSSR count). The molecule has 0 unspecified atom stereocenters. The number of amides is 1. The second kappa shape index (κ2) is 5.25. The number of anilines is 2. The van der Waals surface area contributed by atoms with Gasteiger partial charge in [-0.3, -0.25) is 9.52 Å². The van der Waals surface area contributed by atoms with Crippen LogP contribution < -0.4 is 10.0 Å². The van der Waals surface area contributed by atoms with E-state index in [9.17, 15) is 22.0 Å². The van der Waals surface area contributed by atoms with Crippen molar-refractivity contribution in [2.45, 2.75) is 4.90 Å². The van der Waals surface area contributed by atoms with Crippen molar-refractivity contribution in [3.63, 3.8) is 0 Å². The van der Waals surface area contributed by atoms with Crippen molar-refractivity contribution in [3.05, 3.63) is 65.7 Å². The van der Waals surface area contributed by atoms with Crippen molar-refractivity contribution in [2.24, 2.45) is 0 Å². The van der Waals surface area contributed by atoms with E-state index in [0.29, 0.717) is 28.1 Å². The van der Waals surface area contributed by atoms with Gasteiger partial charge in [-0.2, -0.15) is 0 Å². The van der Waals surface area contributed by atoms with Gasteiger partial charge in [0.25, 0.3) is 15.9 Å². The highest BCUT2D eigenvalue weighted by molar-refractivity contribution is 7.93. The molecule has 1 heterocycles. The van der Waals surface area contributed by atoms with Crippen molar-refractivity contribution in [1.29, 1.82) is 0 Å². The van der Waals surface area contributed by atoms with Gasteiger partial charge < -0.3 is 5.32 Å². The maximum atomic E-state index is 13.8. The number of hydrogen-bond donors (Lipinski definition) is 2. The maximum Gasteiger partial charge on any atom is 0.262 e. The van der Waals surface area contributed by atoms with Crippen molar-refractivity contribution < 1.29 is 22.0 Å². The zero-order valence-electron chi connectivity index (χ0n) is 12.5. The van der Waals surface area contributed by atoms with Gasteiger partial charge in [-0.15, -0.1) is 0 Å². The smallest absolute Gasteiger partial charge is 0.262 e. The average molecular weight is 360 g/mol. The lowest BCUT2D eigenvalue weighted by atomic mass is 10.1. The monoisotopic (exact) mass is 360 g/mol. The van der Waals surface area contributed by atoms with Crippen molar-refractivity contribution in [3.8, 4) is 0 Å². The summed E-state index contributed by atoms with van der Waals surface area (Å²) >= 11 is 0. The molecule has 0 saturated carbocycles. The van der Waals surface area contributed by atoms with E-state index in [0.717, 1.165) is 12.1 Å². The molecule has 0 aliphatic carbocycles. The fourth-order valence-corrected chi connectivity index (χ4v) is 4.14. The van der Waals surface area contributed by atoms with Gasteiger partial charge in [0, 0.05) is 28.1 Å². The summed E-state index contributed by atoms with van der Waals surface area (Å²) in [5.41, 5.74) is 0.527. The van der Waals surface area contributed by atoms with E-state index in [1.54, 1.807) is 18.2 Å². The van der Waals surface area contributed by atoms with E-state index in [4.69, 9.17) is 0 Å². The summed E-state index contributed by atoms with van der Waals surface area (Å²) < 4.78 is 54.3. The van der Waals surface area contributed by atoms with Crippen LogP contribution in [0, 0.1) is 11.6 Å². The summed E-state index contributed by atoms with van der Waals surface area (Å²) in [6.07, 6.45) is 0. The predicted octanol–water partition coefficient (Wildman–Crippen LogP) is 3.48. The lowest BCUT2D eigenvalue weighted by Crippen LogP contribution is -2.14. The van der Waals surface area contributed by atoms with Crippen molar-refractivity contribution in [1.82, 2.24) is 0 Å². The maximum absolute atomic E-state index is 13.8. The quantitative estimate of drug-likeness (QED) is 0.751. The Morgan fingerprint density at radius 2 is 1.80 bits per heavy atom. The van der Waals surface area contributed by atoms with Crippen LogP contribution in [0.15, 0.2) is 53.4 Å². The lowest BCUT2D eigenvalue weighted by molar-refractivity contribution is 0.103. The first-order valence-corrected chi connectivity index (χ1v) is 8.70. The third kappa shape index (κ3) is 2.42. The van der Waals surface area contributed by atoms with Gasteiger partial charge >= 0.3 is 0 Å². The van der Waals surface area contributed by atoms with E-state index in [2.05, 4.69) is 10.0 Å². The Morgan fingerprint density at radius 1 is 1.00 bits per heavy atom. The third-order valence-electron chi connectivity index (χ3n) is 3.96. The number of carbonyl (C=O) groups is 1. The lowest BCUT2D eigenvalue weighted by Gasteiger charge is -2.12. The first-order valence-electron chi connectivity index (χ1n) is 7.22. The average Bonchev–Trinajstić information content (AvgIpc) is 2.88. The minimum Gasteiger partial charge on any atom is -0.321 e. The van der Waals surface area contributed by atoms with E-state index < -0.39 is 21.7 Å². The molecule has 1 aliphatic heterocycles. The standard InChI is InChI=1S/C17H10F2N2O3S/c18-9-4-5-13(12(19)8-9)21-25(23,24)15-7-6-14-16-10(15)2-1-3-11(16)17(22)20-14/h1-8,21H,(H,20,22). The van der Waals surface area contributed by atoms with Gasteiger partial charge in [0.05, 0.1) is 10.6 Å². The van der Waals surface area contributed by atoms with Gasteiger partial charge in [0.1, 0.15) is 11.6 Å². The first kappa shape index (κ1) is 15.5. The van der Waals surface area contributed by atoms with Crippen LogP contribution in [-0.4, -0.2) is 14.3 Å². The molecule has 0 fully saturated rings. The molecule has 0 aromatic heterocycles. The van der Waals surface area contributed by atoms with E-state index >= 15 is 0 Å². The van der Waals surface area contributed by atoms with E-state index in [-0.39, 0.29) is 16.5 Å². The summed E-state index contributed by atoms with van der Waals surface area (Å²) in [5.74, 6) is -2.14. The number of benzene rings is 3. The van der Waals surface area contributed by atoms with Gasteiger partial charge in [-0.05, 0) is 30.3 Å². The minimum absolute atomic E-state index is 0.103. The van der Waals surface area contributed by atoms with Crippen molar-refractivity contribution >= 4 is 38.1 Å². The van der Waals surface area contributed by atoms with Crippen LogP contribution >= 0.6 is 0 Å². The Hall–Kier alpha value is -3.00. The number of rotatable bonds is 3. The molecule has 3 aromatic carbocycles. The normalized spacial score (nSPS) is 13.1. The SMILES string of the molecule is O=C1Nc2ccc(S(=O)(=O)Nc3ccc(F)cc3F)c3cccc1c23. The number of halogens is 2. The molecule has 3 aromatic rings. The Labute approximate surface area is 141 Å². The van der Waals surface area contributed by atoms with Gasteiger partial charge in [-0.25, -0.2) is 17.2 Å². The van der Waals surface area contributed by atoms with Gasteiger partial charge in [-0.1, -0.05) is 12.1 Å². The Kier molecular flexibility index (Phi) is 3.26. The molecule has 0 atom stereocenters. The molecular weight excluding hydrogens is 350 g/mol. The number of nitrogens with one attached hydrogen (secondary N) is 2. The van der Waals surface area contributed by atoms with Crippen LogP contribution in [0.5, 0.6) is 0 Å². The molecule has 0 saturated heterocycles. The number of hydrogen-bond acceptors (Lipinski definition) is 3. The summed E-state index contributed by atoms with van der Waals surface area (Å²) in [6.45, 7) is 0. The second-order valence-electron chi connectivity index (χ2n) is 5.52. The zero-order valence-corrected chi connectivity index (χ0v) is 13.3. The van der Waals surface area contributed by atoms with E-state index in [1.165, 1.54) is 12.1 Å². The molecule has 5 nitrogen and oxygen atoms in total. The molecule has 0 spiro atoms. The van der Waals surface area contributed by atoms with Gasteiger partial charge in [0.2, 0.25) is 0 Å². The molecule has 1 aliphatic rings. The molecular formula is C17H10F2N2O3S. The first-order chi connectivity index (χ1) is 11.9. The Bertz CT molecular complexity index is 1160. The number of carbonyl (C=O) groups excluding carboxylic acids is 1. The summed E-state index contributed by atoms with van der Waals surface area (Å²) in [5, 5.41) is 3.49. The number of sulfonamides is 1. The molecule has 25 heavy (non-hydrogen) atoms. The highest BCUT2D eigenvalue weighted by Gasteiger charge is 2.26. The fraction of sp³-hybridized carbons (Fsp3) is 0. The molecule has 126 valence electrons. The largest absolute Gasteiger partial charge is 0.321 e. The molecule has 1 amide bonds. The van der Waals surface area contributed by atoms with Crippen LogP contribution in [0.2, 0.25) is 0 Å². The summed E-state index contributed by atoms with van der Waals surface area (Å²) in [4.78, 5) is 11.8. The van der Waals surface area contributed by atoms with Crippen LogP contribution in [0.25, 0.3) is 10.8 Å². The Balaban J connectivity index is 1.87. The van der Waals surface area contributed by atoms with E-state index in [1.807, 2.05) is 0 Å². The topological polar surface area (TPSA) is 75.3 Å². The van der Waals surface area contributed by atoms with Gasteiger partial charge in [0.15, 0.2) is 0 Å². The fourth-order valence-electron chi connectivity index (χ4n) is 2.87. The van der Waals surface area contributed by atoms with Crippen LogP contribution in [0.3, 0.4) is 0 Å². The summed E-state index contributed by atoms with van der Waals surface area (Å²) in [7, 11) is -4.15. The van der Waals surface area contributed by atoms with Crippen LogP contribution in [0.1, 0.15) is 10.4 Å². The molecule has 2 N–H and O–H groups in total. The van der Waals surface area contributed by atoms with Crippen LogP contribution in [-0.2, 0) is 10.0 Å². The zero-order chi connectivity index (χ0) is 17.8. The van der Waals surface area contributed by atoms with Crippen molar-refractivity contribution in [2.75, 3.05) is 10.0 Å². The molecule has 0 bridgehead atoms. The third-order valence-corrected chi connectivity index (χ3v) is 5.38. The second-order valence-corrected chi connectivity index (χ2v) is 7.17. The summed E-state index contributed by atoms with van der Waals surface area (Å²) in [6, 6.07) is 10.1. The molecule has 8 heteroatoms. The Morgan fingerprint density at radius 3 is 2.56 bits per heavy atom. The van der Waals surface area contributed by atoms with Crippen LogP contribution in [0.4, 0.5) is 20.2 Å². The predicted molar refractivity (Wildman–Crippen MR) is 89.1 cm³/mol. The minimum atomic E-state index is -4.15. The highest BCUT2D eigenvalue weighted by atomic mass is 32.2. The molecule has 0 radical (unpaired) electrons.